The average molecular weight is 455 g/mol. The molecule has 184 valence electrons. The van der Waals surface area contributed by atoms with Crippen LogP contribution in [-0.2, 0) is 9.59 Å². The lowest BCUT2D eigenvalue weighted by Gasteiger charge is -2.60. The molecule has 0 bridgehead atoms. The van der Waals surface area contributed by atoms with Gasteiger partial charge in [-0.05, 0) is 99.7 Å². The van der Waals surface area contributed by atoms with E-state index in [0.717, 1.165) is 57.8 Å². The van der Waals surface area contributed by atoms with E-state index in [1.54, 1.807) is 11.1 Å². The van der Waals surface area contributed by atoms with Gasteiger partial charge in [0.05, 0.1) is 5.92 Å². The average Bonchev–Trinajstić information content (AvgIpc) is 3.00. The van der Waals surface area contributed by atoms with Gasteiger partial charge in [0.15, 0.2) is 0 Å². The number of aliphatic carboxylic acids is 1. The summed E-state index contributed by atoms with van der Waals surface area (Å²) < 4.78 is 0. The first-order valence-electron chi connectivity index (χ1n) is 13.4. The molecule has 4 aliphatic rings. The topological polar surface area (TPSA) is 54.4 Å². The van der Waals surface area contributed by atoms with Crippen molar-refractivity contribution < 1.29 is 14.7 Å². The van der Waals surface area contributed by atoms with Crippen molar-refractivity contribution in [3.8, 4) is 0 Å². The summed E-state index contributed by atoms with van der Waals surface area (Å²) in [6, 6.07) is 0. The van der Waals surface area contributed by atoms with E-state index in [0.29, 0.717) is 18.1 Å². The third-order valence-corrected chi connectivity index (χ3v) is 11.4. The van der Waals surface area contributed by atoms with Gasteiger partial charge in [0, 0.05) is 11.8 Å². The number of carboxylic acid groups (broad SMARTS) is 1. The van der Waals surface area contributed by atoms with Crippen LogP contribution in [0.4, 0.5) is 0 Å². The van der Waals surface area contributed by atoms with Gasteiger partial charge in [-0.15, -0.1) is 0 Å². The van der Waals surface area contributed by atoms with Gasteiger partial charge in [-0.3, -0.25) is 9.59 Å². The summed E-state index contributed by atoms with van der Waals surface area (Å²) in [5, 5.41) is 10.2. The molecule has 0 radical (unpaired) electrons. The zero-order valence-electron chi connectivity index (χ0n) is 22.1. The van der Waals surface area contributed by atoms with Crippen molar-refractivity contribution in [2.75, 3.05) is 0 Å². The summed E-state index contributed by atoms with van der Waals surface area (Å²) in [5.74, 6) is 0.270. The van der Waals surface area contributed by atoms with Crippen LogP contribution in [0.3, 0.4) is 0 Å². The fraction of sp³-hybridized carbons (Fsp3) is 0.800. The van der Waals surface area contributed by atoms with E-state index >= 15 is 0 Å². The van der Waals surface area contributed by atoms with Crippen molar-refractivity contribution in [2.24, 2.45) is 39.4 Å². The number of carbonyl (C=O) groups excluding carboxylic acids is 1. The second-order valence-electron chi connectivity index (χ2n) is 13.3. The van der Waals surface area contributed by atoms with E-state index in [2.05, 4.69) is 54.5 Å². The summed E-state index contributed by atoms with van der Waals surface area (Å²) >= 11 is 0. The summed E-state index contributed by atoms with van der Waals surface area (Å²) in [7, 11) is 0. The maximum Gasteiger partial charge on any atom is 0.306 e. The quantitative estimate of drug-likeness (QED) is 0.432. The number of hydrogen-bond acceptors (Lipinski definition) is 2. The first-order chi connectivity index (χ1) is 15.3. The zero-order valence-corrected chi connectivity index (χ0v) is 22.1. The lowest BCUT2D eigenvalue weighted by Crippen LogP contribution is -2.54. The molecule has 4 aliphatic carbocycles. The highest BCUT2D eigenvalue weighted by atomic mass is 16.4. The Morgan fingerprint density at radius 3 is 2.33 bits per heavy atom. The van der Waals surface area contributed by atoms with Crippen molar-refractivity contribution in [2.45, 2.75) is 113 Å². The van der Waals surface area contributed by atoms with Gasteiger partial charge in [0.25, 0.3) is 0 Å². The van der Waals surface area contributed by atoms with Crippen LogP contribution in [0.15, 0.2) is 22.8 Å². The molecule has 0 amide bonds. The summed E-state index contributed by atoms with van der Waals surface area (Å²) in [5.41, 5.74) is 4.63. The predicted octanol–water partition coefficient (Wildman–Crippen LogP) is 7.75. The molecule has 4 rings (SSSR count). The van der Waals surface area contributed by atoms with Gasteiger partial charge in [-0.2, -0.15) is 0 Å². The minimum atomic E-state index is -0.601. The van der Waals surface area contributed by atoms with Gasteiger partial charge >= 0.3 is 5.97 Å². The Labute approximate surface area is 201 Å². The van der Waals surface area contributed by atoms with Crippen LogP contribution in [0.1, 0.15) is 113 Å². The van der Waals surface area contributed by atoms with Crippen molar-refractivity contribution in [1.82, 2.24) is 0 Å². The van der Waals surface area contributed by atoms with E-state index in [-0.39, 0.29) is 33.5 Å². The smallest absolute Gasteiger partial charge is 0.306 e. The Hall–Kier alpha value is -1.38. The Bertz CT molecular complexity index is 904. The molecule has 6 atom stereocenters. The zero-order chi connectivity index (χ0) is 24.4. The molecule has 0 aliphatic heterocycles. The first-order valence-corrected chi connectivity index (χ1v) is 13.4. The number of rotatable bonds is 5. The van der Waals surface area contributed by atoms with E-state index in [1.807, 2.05) is 0 Å². The standard InChI is InChI=1S/C30H46O3/c1-19(2)9-8-10-20(26(32)33)21-13-17-30(7)23-11-12-24-27(3,4)25(31)15-16-28(24,5)22(23)14-18-29(21,30)6/h9,20-21,24H,8,10-18H2,1-7H3,(H,32,33)/t20-,21-,24?,28+,29?,30+/m0/s1. The van der Waals surface area contributed by atoms with Crippen LogP contribution in [0.25, 0.3) is 0 Å². The van der Waals surface area contributed by atoms with Crippen molar-refractivity contribution in [1.29, 1.82) is 0 Å². The molecular formula is C30H46O3. The van der Waals surface area contributed by atoms with Crippen LogP contribution in [-0.4, -0.2) is 16.9 Å². The highest BCUT2D eigenvalue weighted by molar-refractivity contribution is 5.85. The highest BCUT2D eigenvalue weighted by Crippen LogP contribution is 2.72. The number of ketones is 1. The predicted molar refractivity (Wildman–Crippen MR) is 134 cm³/mol. The Morgan fingerprint density at radius 1 is 1.00 bits per heavy atom. The summed E-state index contributed by atoms with van der Waals surface area (Å²) in [6.07, 6.45) is 12.0. The molecule has 0 aromatic carbocycles. The fourth-order valence-electron chi connectivity index (χ4n) is 9.22. The Balaban J connectivity index is 1.70. The molecule has 2 unspecified atom stereocenters. The van der Waals surface area contributed by atoms with E-state index in [1.165, 1.54) is 5.57 Å². The third-order valence-electron chi connectivity index (χ3n) is 11.4. The molecule has 0 aromatic heterocycles. The molecule has 0 saturated heterocycles. The molecule has 2 saturated carbocycles. The van der Waals surface area contributed by atoms with Crippen molar-refractivity contribution in [3.05, 3.63) is 22.8 Å². The van der Waals surface area contributed by atoms with Crippen molar-refractivity contribution >= 4 is 11.8 Å². The SMILES string of the molecule is CC(C)=CCC[C@H](C(=O)O)[C@@H]1CC[C@]2(C)C3=C(CCC12C)[C@@]1(C)CCC(=O)C(C)(C)C1CC3. The van der Waals surface area contributed by atoms with Gasteiger partial charge in [0.2, 0.25) is 0 Å². The maximum absolute atomic E-state index is 12.8. The molecular weight excluding hydrogens is 408 g/mol. The van der Waals surface area contributed by atoms with Gasteiger partial charge in [-0.1, -0.05) is 57.4 Å². The Kier molecular flexibility index (Phi) is 6.07. The summed E-state index contributed by atoms with van der Waals surface area (Å²) in [6.45, 7) is 15.9. The molecule has 1 N–H and O–H groups in total. The number of fused-ring (bicyclic) bond motifs is 4. The number of allylic oxidation sites excluding steroid dienone is 4. The number of hydrogen-bond donors (Lipinski definition) is 1. The van der Waals surface area contributed by atoms with E-state index < -0.39 is 5.97 Å². The lowest BCUT2D eigenvalue weighted by molar-refractivity contribution is -0.146. The van der Waals surface area contributed by atoms with Crippen LogP contribution >= 0.6 is 0 Å². The molecule has 0 aromatic rings. The van der Waals surface area contributed by atoms with Crippen LogP contribution < -0.4 is 0 Å². The number of carboxylic acids is 1. The van der Waals surface area contributed by atoms with Crippen LogP contribution in [0.2, 0.25) is 0 Å². The molecule has 3 nitrogen and oxygen atoms in total. The fourth-order valence-corrected chi connectivity index (χ4v) is 9.22. The van der Waals surface area contributed by atoms with E-state index in [4.69, 9.17) is 0 Å². The van der Waals surface area contributed by atoms with E-state index in [9.17, 15) is 14.7 Å². The summed E-state index contributed by atoms with van der Waals surface area (Å²) in [4.78, 5) is 25.2. The minimum Gasteiger partial charge on any atom is -0.481 e. The second-order valence-corrected chi connectivity index (χ2v) is 13.3. The lowest BCUT2D eigenvalue weighted by atomic mass is 9.43. The van der Waals surface area contributed by atoms with Crippen LogP contribution in [0.5, 0.6) is 0 Å². The van der Waals surface area contributed by atoms with Gasteiger partial charge < -0.3 is 5.11 Å². The van der Waals surface area contributed by atoms with Crippen molar-refractivity contribution in [3.63, 3.8) is 0 Å². The monoisotopic (exact) mass is 454 g/mol. The first kappa shape index (κ1) is 24.7. The number of carbonyl (C=O) groups is 2. The normalized spacial score (nSPS) is 40.5. The molecule has 3 heteroatoms. The van der Waals surface area contributed by atoms with Crippen LogP contribution in [0, 0.1) is 39.4 Å². The molecule has 2 fully saturated rings. The third kappa shape index (κ3) is 3.50. The highest BCUT2D eigenvalue weighted by Gasteiger charge is 2.64. The number of Topliss-reactive ketones (excluding diaryl/α,β-unsaturated/α-hetero) is 1. The molecule has 0 spiro atoms. The largest absolute Gasteiger partial charge is 0.481 e. The van der Waals surface area contributed by atoms with Gasteiger partial charge in [-0.25, -0.2) is 0 Å². The van der Waals surface area contributed by atoms with Gasteiger partial charge in [0.1, 0.15) is 5.78 Å². The second kappa shape index (κ2) is 8.09. The maximum atomic E-state index is 12.8. The molecule has 0 heterocycles. The molecule has 33 heavy (non-hydrogen) atoms. The minimum absolute atomic E-state index is 0.0447. The Morgan fingerprint density at radius 2 is 1.70 bits per heavy atom.